The SMILES string of the molecule is CC=C(C)C=C(C)C=C(C)C=CCCC. The summed E-state index contributed by atoms with van der Waals surface area (Å²) in [5, 5.41) is 0. The first kappa shape index (κ1) is 14.0. The maximum atomic E-state index is 2.24. The molecule has 0 saturated carbocycles. The van der Waals surface area contributed by atoms with Crippen LogP contribution in [0, 0.1) is 0 Å². The quantitative estimate of drug-likeness (QED) is 0.540. The number of hydrogen-bond acceptors (Lipinski definition) is 0. The molecule has 0 heteroatoms. The molecule has 0 radical (unpaired) electrons. The highest BCUT2D eigenvalue weighted by atomic mass is 13.9. The van der Waals surface area contributed by atoms with Crippen LogP contribution in [0.4, 0.5) is 0 Å². The molecule has 0 fully saturated rings. The van der Waals surface area contributed by atoms with E-state index in [1.807, 2.05) is 0 Å². The molecule has 0 atom stereocenters. The highest BCUT2D eigenvalue weighted by molar-refractivity contribution is 5.32. The molecule has 0 heterocycles. The summed E-state index contributed by atoms with van der Waals surface area (Å²) < 4.78 is 0. The van der Waals surface area contributed by atoms with Crippen molar-refractivity contribution in [3.05, 3.63) is 47.1 Å². The van der Waals surface area contributed by atoms with E-state index in [0.717, 1.165) is 0 Å². The Labute approximate surface area is 95.1 Å². The minimum atomic E-state index is 1.17. The van der Waals surface area contributed by atoms with Crippen LogP contribution < -0.4 is 0 Å². The smallest absolute Gasteiger partial charge is 0.0350 e. The van der Waals surface area contributed by atoms with E-state index in [2.05, 4.69) is 65.0 Å². The van der Waals surface area contributed by atoms with Crippen molar-refractivity contribution in [1.29, 1.82) is 0 Å². The Morgan fingerprint density at radius 3 is 2.07 bits per heavy atom. The van der Waals surface area contributed by atoms with Crippen LogP contribution >= 0.6 is 0 Å². The van der Waals surface area contributed by atoms with Gasteiger partial charge in [-0.2, -0.15) is 0 Å². The zero-order chi connectivity index (χ0) is 11.7. The molecular weight excluding hydrogens is 180 g/mol. The van der Waals surface area contributed by atoms with Gasteiger partial charge in [-0.05, 0) is 34.1 Å². The summed E-state index contributed by atoms with van der Waals surface area (Å²) in [5.41, 5.74) is 3.94. The van der Waals surface area contributed by atoms with Gasteiger partial charge in [-0.25, -0.2) is 0 Å². The standard InChI is InChI=1S/C15H24/c1-6-8-9-10-14(4)12-15(5)11-13(3)7-2/h7,9-12H,6,8H2,1-5H3. The Morgan fingerprint density at radius 1 is 0.933 bits per heavy atom. The van der Waals surface area contributed by atoms with E-state index in [4.69, 9.17) is 0 Å². The van der Waals surface area contributed by atoms with Crippen LogP contribution in [0.5, 0.6) is 0 Å². The van der Waals surface area contributed by atoms with Crippen molar-refractivity contribution < 1.29 is 0 Å². The van der Waals surface area contributed by atoms with E-state index in [-0.39, 0.29) is 0 Å². The van der Waals surface area contributed by atoms with Gasteiger partial charge in [-0.15, -0.1) is 0 Å². The molecule has 0 rings (SSSR count). The van der Waals surface area contributed by atoms with Gasteiger partial charge in [-0.3, -0.25) is 0 Å². The molecule has 0 aliphatic carbocycles. The maximum Gasteiger partial charge on any atom is -0.0350 e. The van der Waals surface area contributed by atoms with E-state index in [9.17, 15) is 0 Å². The molecule has 0 saturated heterocycles. The third-order valence-electron chi connectivity index (χ3n) is 2.20. The molecule has 0 bridgehead atoms. The second-order valence-electron chi connectivity index (χ2n) is 4.00. The number of unbranched alkanes of at least 4 members (excludes halogenated alkanes) is 1. The Morgan fingerprint density at radius 2 is 1.53 bits per heavy atom. The van der Waals surface area contributed by atoms with E-state index in [0.29, 0.717) is 0 Å². The minimum absolute atomic E-state index is 1.17. The molecule has 0 aromatic heterocycles. The molecule has 15 heavy (non-hydrogen) atoms. The third kappa shape index (κ3) is 7.99. The second kappa shape index (κ2) is 8.28. The summed E-state index contributed by atoms with van der Waals surface area (Å²) in [6.07, 6.45) is 13.4. The van der Waals surface area contributed by atoms with Gasteiger partial charge in [0.05, 0.1) is 0 Å². The number of rotatable bonds is 5. The predicted molar refractivity (Wildman–Crippen MR) is 71.0 cm³/mol. The van der Waals surface area contributed by atoms with Crippen molar-refractivity contribution in [2.24, 2.45) is 0 Å². The zero-order valence-corrected chi connectivity index (χ0v) is 10.8. The fourth-order valence-electron chi connectivity index (χ4n) is 1.33. The van der Waals surface area contributed by atoms with Crippen LogP contribution in [0.15, 0.2) is 47.1 Å². The van der Waals surface area contributed by atoms with Gasteiger partial charge in [0.15, 0.2) is 0 Å². The predicted octanol–water partition coefficient (Wildman–Crippen LogP) is 5.20. The topological polar surface area (TPSA) is 0 Å². The van der Waals surface area contributed by atoms with Crippen LogP contribution in [0.3, 0.4) is 0 Å². The van der Waals surface area contributed by atoms with Gasteiger partial charge >= 0.3 is 0 Å². The van der Waals surface area contributed by atoms with E-state index in [1.165, 1.54) is 29.6 Å². The Kier molecular flexibility index (Phi) is 7.71. The second-order valence-corrected chi connectivity index (χ2v) is 4.00. The van der Waals surface area contributed by atoms with E-state index >= 15 is 0 Å². The maximum absolute atomic E-state index is 2.24. The average Bonchev–Trinajstić information content (AvgIpc) is 2.17. The van der Waals surface area contributed by atoms with Gasteiger partial charge in [-0.1, -0.05) is 60.4 Å². The normalized spacial score (nSPS) is 15.1. The van der Waals surface area contributed by atoms with Crippen LogP contribution in [-0.4, -0.2) is 0 Å². The monoisotopic (exact) mass is 204 g/mol. The molecule has 0 aromatic rings. The Balaban J connectivity index is 4.41. The van der Waals surface area contributed by atoms with Crippen molar-refractivity contribution in [3.63, 3.8) is 0 Å². The Bertz CT molecular complexity index is 285. The highest BCUT2D eigenvalue weighted by Crippen LogP contribution is 2.07. The van der Waals surface area contributed by atoms with Crippen molar-refractivity contribution in [1.82, 2.24) is 0 Å². The van der Waals surface area contributed by atoms with Gasteiger partial charge in [0.1, 0.15) is 0 Å². The summed E-state index contributed by atoms with van der Waals surface area (Å²) in [6, 6.07) is 0. The first-order chi connectivity index (χ1) is 7.10. The van der Waals surface area contributed by atoms with Crippen molar-refractivity contribution in [2.45, 2.75) is 47.5 Å². The fourth-order valence-corrected chi connectivity index (χ4v) is 1.33. The van der Waals surface area contributed by atoms with Crippen LogP contribution in [0.1, 0.15) is 47.5 Å². The zero-order valence-electron chi connectivity index (χ0n) is 10.8. The molecule has 0 amide bonds. The fraction of sp³-hybridized carbons (Fsp3) is 0.467. The van der Waals surface area contributed by atoms with Gasteiger partial charge in [0.25, 0.3) is 0 Å². The van der Waals surface area contributed by atoms with Gasteiger partial charge in [0.2, 0.25) is 0 Å². The lowest BCUT2D eigenvalue weighted by molar-refractivity contribution is 0.957. The summed E-state index contributed by atoms with van der Waals surface area (Å²) >= 11 is 0. The largest absolute Gasteiger partial charge is 0.0847 e. The molecule has 0 aromatic carbocycles. The molecule has 0 N–H and O–H groups in total. The summed E-state index contributed by atoms with van der Waals surface area (Å²) in [4.78, 5) is 0. The van der Waals surface area contributed by atoms with Crippen molar-refractivity contribution in [3.8, 4) is 0 Å². The van der Waals surface area contributed by atoms with Crippen molar-refractivity contribution in [2.75, 3.05) is 0 Å². The summed E-state index contributed by atoms with van der Waals surface area (Å²) in [7, 11) is 0. The first-order valence-electron chi connectivity index (χ1n) is 5.76. The minimum Gasteiger partial charge on any atom is -0.0847 e. The highest BCUT2D eigenvalue weighted by Gasteiger charge is 1.86. The lowest BCUT2D eigenvalue weighted by Crippen LogP contribution is -1.75. The number of hydrogen-bond donors (Lipinski definition) is 0. The lowest BCUT2D eigenvalue weighted by atomic mass is 10.1. The molecule has 0 aliphatic heterocycles. The summed E-state index contributed by atoms with van der Waals surface area (Å²) in [5.74, 6) is 0. The molecule has 84 valence electrons. The van der Waals surface area contributed by atoms with Gasteiger partial charge < -0.3 is 0 Å². The summed E-state index contributed by atoms with van der Waals surface area (Å²) in [6.45, 7) is 10.7. The number of allylic oxidation sites excluding steroid dienone is 8. The van der Waals surface area contributed by atoms with E-state index in [1.54, 1.807) is 0 Å². The van der Waals surface area contributed by atoms with Crippen LogP contribution in [0.2, 0.25) is 0 Å². The average molecular weight is 204 g/mol. The molecular formula is C15H24. The molecule has 0 aliphatic rings. The molecule has 0 unspecified atom stereocenters. The van der Waals surface area contributed by atoms with Gasteiger partial charge in [0, 0.05) is 0 Å². The Hall–Kier alpha value is -1.04. The van der Waals surface area contributed by atoms with E-state index < -0.39 is 0 Å². The lowest BCUT2D eigenvalue weighted by Gasteiger charge is -1.96. The van der Waals surface area contributed by atoms with Crippen molar-refractivity contribution >= 4 is 0 Å². The third-order valence-corrected chi connectivity index (χ3v) is 2.20. The van der Waals surface area contributed by atoms with Crippen LogP contribution in [-0.2, 0) is 0 Å². The molecule has 0 spiro atoms. The first-order valence-corrected chi connectivity index (χ1v) is 5.76. The van der Waals surface area contributed by atoms with Crippen LogP contribution in [0.25, 0.3) is 0 Å². The molecule has 0 nitrogen and oxygen atoms in total.